The van der Waals surface area contributed by atoms with Gasteiger partial charge in [0.05, 0.1) is 16.6 Å². The summed E-state index contributed by atoms with van der Waals surface area (Å²) in [5, 5.41) is 4.14. The molecule has 3 heteroatoms. The van der Waals surface area contributed by atoms with E-state index in [2.05, 4.69) is 41.0 Å². The fraction of sp³-hybridized carbons (Fsp3) is 0. The van der Waals surface area contributed by atoms with Crippen molar-refractivity contribution in [1.29, 1.82) is 0 Å². The quantitative estimate of drug-likeness (QED) is 0.204. The number of ketones is 2. The molecule has 0 atom stereocenters. The summed E-state index contributed by atoms with van der Waals surface area (Å²) in [5.74, 6) is -0.412. The van der Waals surface area contributed by atoms with Crippen molar-refractivity contribution < 1.29 is 9.59 Å². The number of carbonyl (C=O) groups excluding carboxylic acids is 2. The van der Waals surface area contributed by atoms with E-state index >= 15 is 0 Å². The molecule has 0 fully saturated rings. The fourth-order valence-corrected chi connectivity index (χ4v) is 5.24. The summed E-state index contributed by atoms with van der Waals surface area (Å²) in [7, 11) is 0. The molecule has 1 aliphatic carbocycles. The van der Waals surface area contributed by atoms with Crippen molar-refractivity contribution in [3.8, 4) is 5.69 Å². The van der Waals surface area contributed by atoms with Gasteiger partial charge in [-0.25, -0.2) is 0 Å². The first kappa shape index (κ1) is 19.7. The first-order valence-corrected chi connectivity index (χ1v) is 11.6. The van der Waals surface area contributed by atoms with Crippen LogP contribution in [-0.4, -0.2) is 16.1 Å². The summed E-state index contributed by atoms with van der Waals surface area (Å²) < 4.78 is 2.24. The lowest BCUT2D eigenvalue weighted by molar-refractivity contribution is 0.0990. The van der Waals surface area contributed by atoms with Gasteiger partial charge in [-0.2, -0.15) is 0 Å². The molecule has 1 aliphatic rings. The average molecular weight is 450 g/mol. The lowest BCUT2D eigenvalue weighted by Crippen LogP contribution is -2.00. The van der Waals surface area contributed by atoms with E-state index in [1.54, 1.807) is 6.08 Å². The van der Waals surface area contributed by atoms with E-state index in [1.807, 2.05) is 72.8 Å². The number of para-hydroxylation sites is 2. The zero-order valence-corrected chi connectivity index (χ0v) is 18.7. The highest BCUT2D eigenvalue weighted by atomic mass is 16.2. The van der Waals surface area contributed by atoms with Crippen LogP contribution in [0.1, 0.15) is 26.3 Å². The van der Waals surface area contributed by atoms with Crippen molar-refractivity contribution in [2.75, 3.05) is 0 Å². The molecule has 0 spiro atoms. The molecule has 3 nitrogen and oxygen atoms in total. The van der Waals surface area contributed by atoms with Crippen LogP contribution >= 0.6 is 0 Å². The van der Waals surface area contributed by atoms with E-state index in [4.69, 9.17) is 0 Å². The number of hydrogen-bond acceptors (Lipinski definition) is 2. The van der Waals surface area contributed by atoms with Crippen molar-refractivity contribution in [2.24, 2.45) is 0 Å². The lowest BCUT2D eigenvalue weighted by atomic mass is 10.0. The van der Waals surface area contributed by atoms with Gasteiger partial charge in [-0.3, -0.25) is 9.59 Å². The Bertz CT molecular complexity index is 1820. The van der Waals surface area contributed by atoms with Crippen LogP contribution < -0.4 is 0 Å². The summed E-state index contributed by atoms with van der Waals surface area (Å²) in [6.07, 6.45) is 1.74. The molecule has 0 saturated heterocycles. The molecule has 6 aromatic rings. The van der Waals surface area contributed by atoms with Crippen molar-refractivity contribution in [2.45, 2.75) is 0 Å². The molecule has 164 valence electrons. The summed E-state index contributed by atoms with van der Waals surface area (Å²) in [4.78, 5) is 26.5. The number of fused-ring (bicyclic) bond motifs is 5. The maximum Gasteiger partial charge on any atom is 0.197 e. The molecule has 0 unspecified atom stereocenters. The molecule has 0 radical (unpaired) electrons. The van der Waals surface area contributed by atoms with Gasteiger partial charge in [-0.1, -0.05) is 66.7 Å². The van der Waals surface area contributed by atoms with Crippen molar-refractivity contribution in [3.63, 3.8) is 0 Å². The molecule has 0 saturated carbocycles. The number of nitrogens with zero attached hydrogens (tertiary/aromatic N) is 1. The molecule has 1 heterocycles. The molecule has 0 N–H and O–H groups in total. The highest BCUT2D eigenvalue weighted by molar-refractivity contribution is 6.42. The van der Waals surface area contributed by atoms with Crippen LogP contribution in [0.2, 0.25) is 0 Å². The smallest absolute Gasteiger partial charge is 0.197 e. The van der Waals surface area contributed by atoms with Crippen LogP contribution in [-0.2, 0) is 0 Å². The molecule has 5 aromatic carbocycles. The van der Waals surface area contributed by atoms with Crippen LogP contribution in [0.5, 0.6) is 0 Å². The highest BCUT2D eigenvalue weighted by Gasteiger charge is 2.33. The second-order valence-corrected chi connectivity index (χ2v) is 8.93. The van der Waals surface area contributed by atoms with Crippen LogP contribution in [0.3, 0.4) is 0 Å². The van der Waals surface area contributed by atoms with Crippen LogP contribution in [0.15, 0.2) is 115 Å². The minimum Gasteiger partial charge on any atom is -0.309 e. The maximum absolute atomic E-state index is 13.2. The Labute approximate surface area is 201 Å². The zero-order chi connectivity index (χ0) is 23.5. The number of rotatable bonds is 2. The predicted octanol–water partition coefficient (Wildman–Crippen LogP) is 7.40. The molecule has 0 aliphatic heterocycles. The number of Topliss-reactive ketones (excluding diaryl/α,β-unsaturated/α-hetero) is 2. The third kappa shape index (κ3) is 2.92. The average Bonchev–Trinajstić information content (AvgIpc) is 3.35. The lowest BCUT2D eigenvalue weighted by Gasteiger charge is -2.07. The molecule has 7 rings (SSSR count). The SMILES string of the molecule is O=C1C(=Cc2ccc3c(c2)c2ccccc2n3-c2ccccc2)C(=O)c2cc3ccccc3cc21. The normalized spacial score (nSPS) is 13.2. The van der Waals surface area contributed by atoms with Gasteiger partial charge in [0.1, 0.15) is 0 Å². The number of hydrogen-bond donors (Lipinski definition) is 0. The van der Waals surface area contributed by atoms with Crippen molar-refractivity contribution >= 4 is 50.2 Å². The van der Waals surface area contributed by atoms with E-state index in [9.17, 15) is 9.59 Å². The Morgan fingerprint density at radius 1 is 0.543 bits per heavy atom. The summed E-state index contributed by atoms with van der Waals surface area (Å²) >= 11 is 0. The van der Waals surface area contributed by atoms with Gasteiger partial charge in [0, 0.05) is 27.6 Å². The number of allylic oxidation sites excluding steroid dienone is 1. The monoisotopic (exact) mass is 449 g/mol. The molecule has 1 aromatic heterocycles. The van der Waals surface area contributed by atoms with E-state index in [1.165, 1.54) is 0 Å². The molecule has 0 amide bonds. The van der Waals surface area contributed by atoms with E-state index in [0.29, 0.717) is 11.1 Å². The van der Waals surface area contributed by atoms with E-state index in [-0.39, 0.29) is 17.1 Å². The van der Waals surface area contributed by atoms with Crippen LogP contribution in [0.4, 0.5) is 0 Å². The van der Waals surface area contributed by atoms with Gasteiger partial charge in [0.15, 0.2) is 11.6 Å². The molecular formula is C32H19NO2. The van der Waals surface area contributed by atoms with Crippen molar-refractivity contribution in [1.82, 2.24) is 4.57 Å². The van der Waals surface area contributed by atoms with Gasteiger partial charge < -0.3 is 4.57 Å². The molecule has 0 bridgehead atoms. The van der Waals surface area contributed by atoms with E-state index < -0.39 is 0 Å². The second-order valence-electron chi connectivity index (χ2n) is 8.93. The third-order valence-electron chi connectivity index (χ3n) is 6.89. The minimum atomic E-state index is -0.206. The summed E-state index contributed by atoms with van der Waals surface area (Å²) in [6.45, 7) is 0. The van der Waals surface area contributed by atoms with Gasteiger partial charge in [0.25, 0.3) is 0 Å². The number of carbonyl (C=O) groups is 2. The standard InChI is InChI=1S/C32H19NO2/c34-31-26-18-21-8-4-5-9-22(21)19-27(26)32(35)28(31)17-20-14-15-30-25(16-20)24-12-6-7-13-29(24)33(30)23-10-2-1-3-11-23/h1-19H. The Hall–Kier alpha value is -4.76. The number of aromatic nitrogens is 1. The zero-order valence-electron chi connectivity index (χ0n) is 18.7. The van der Waals surface area contributed by atoms with Gasteiger partial charge in [-0.15, -0.1) is 0 Å². The van der Waals surface area contributed by atoms with Gasteiger partial charge in [-0.05, 0) is 64.9 Å². The first-order valence-electron chi connectivity index (χ1n) is 11.6. The maximum atomic E-state index is 13.2. The summed E-state index contributed by atoms with van der Waals surface area (Å²) in [5.41, 5.74) is 5.32. The van der Waals surface area contributed by atoms with Crippen molar-refractivity contribution in [3.05, 3.63) is 131 Å². The fourth-order valence-electron chi connectivity index (χ4n) is 5.24. The van der Waals surface area contributed by atoms with Crippen LogP contribution in [0.25, 0.3) is 44.3 Å². The molecular weight excluding hydrogens is 430 g/mol. The van der Waals surface area contributed by atoms with Gasteiger partial charge >= 0.3 is 0 Å². The largest absolute Gasteiger partial charge is 0.309 e. The summed E-state index contributed by atoms with van der Waals surface area (Å²) in [6, 6.07) is 36.2. The Kier molecular flexibility index (Phi) is 4.15. The minimum absolute atomic E-state index is 0.206. The van der Waals surface area contributed by atoms with E-state index in [0.717, 1.165) is 43.8 Å². The third-order valence-corrected chi connectivity index (χ3v) is 6.89. The molecule has 35 heavy (non-hydrogen) atoms. The van der Waals surface area contributed by atoms with Gasteiger partial charge in [0.2, 0.25) is 0 Å². The Morgan fingerprint density at radius 2 is 1.14 bits per heavy atom. The van der Waals surface area contributed by atoms with Crippen LogP contribution in [0, 0.1) is 0 Å². The highest BCUT2D eigenvalue weighted by Crippen LogP contribution is 2.35. The topological polar surface area (TPSA) is 39.1 Å². The number of benzene rings is 5. The first-order chi connectivity index (χ1) is 17.2. The Morgan fingerprint density at radius 3 is 1.86 bits per heavy atom. The Balaban J connectivity index is 1.40. The second kappa shape index (κ2) is 7.37. The predicted molar refractivity (Wildman–Crippen MR) is 141 cm³/mol.